The van der Waals surface area contributed by atoms with Gasteiger partial charge in [0.05, 0.1) is 0 Å². The first-order valence-corrected chi connectivity index (χ1v) is 9.13. The monoisotopic (exact) mass is 342 g/mol. The maximum absolute atomic E-state index is 5.72. The molecule has 3 aromatic rings. The Morgan fingerprint density at radius 3 is 2.33 bits per heavy atom. The Bertz CT molecular complexity index is 709. The van der Waals surface area contributed by atoms with E-state index in [2.05, 4.69) is 72.8 Å². The Balaban J connectivity index is 1.78. The van der Waals surface area contributed by atoms with Gasteiger partial charge in [-0.1, -0.05) is 0 Å². The molecule has 0 radical (unpaired) electrons. The summed E-state index contributed by atoms with van der Waals surface area (Å²) >= 11 is 0.438. The van der Waals surface area contributed by atoms with E-state index in [0.717, 1.165) is 5.32 Å². The summed E-state index contributed by atoms with van der Waals surface area (Å²) in [6.07, 6.45) is 0.176. The fourth-order valence-electron chi connectivity index (χ4n) is 2.40. The molecule has 0 amide bonds. The summed E-state index contributed by atoms with van der Waals surface area (Å²) in [6.45, 7) is 0. The molecule has 1 atom stereocenters. The van der Waals surface area contributed by atoms with Gasteiger partial charge in [-0.2, -0.15) is 0 Å². The van der Waals surface area contributed by atoms with E-state index in [0.29, 0.717) is 15.0 Å². The van der Waals surface area contributed by atoms with Crippen LogP contribution in [0, 0.1) is 0 Å². The number of methoxy groups -OCH3 is 1. The van der Waals surface area contributed by atoms with Crippen molar-refractivity contribution < 1.29 is 4.74 Å². The summed E-state index contributed by atoms with van der Waals surface area (Å²) in [5.74, 6) is 0. The fourth-order valence-corrected chi connectivity index (χ4v) is 4.54. The molecule has 0 saturated heterocycles. The first-order valence-electron chi connectivity index (χ1n) is 7.06. The zero-order chi connectivity index (χ0) is 14.5. The average Bonchev–Trinajstić information content (AvgIpc) is 2.56. The van der Waals surface area contributed by atoms with Crippen LogP contribution in [-0.2, 0) is 4.74 Å². The first kappa shape index (κ1) is 14.3. The van der Waals surface area contributed by atoms with Gasteiger partial charge in [0.15, 0.2) is 0 Å². The second-order valence-corrected chi connectivity index (χ2v) is 7.25. The van der Waals surface area contributed by atoms with E-state index >= 15 is 0 Å². The molecule has 0 aliphatic heterocycles. The summed E-state index contributed by atoms with van der Waals surface area (Å²) in [4.78, 5) is 0. The third-order valence-electron chi connectivity index (χ3n) is 3.57. The average molecular weight is 341 g/mol. The summed E-state index contributed by atoms with van der Waals surface area (Å²) in [5, 5.41) is 3.63. The maximum atomic E-state index is 5.72. The van der Waals surface area contributed by atoms with Crippen molar-refractivity contribution in [3.8, 4) is 0 Å². The van der Waals surface area contributed by atoms with Gasteiger partial charge in [-0.15, -0.1) is 0 Å². The number of fused-ring (bicyclic) bond motifs is 1. The minimum absolute atomic E-state index is 0.176. The van der Waals surface area contributed by atoms with Gasteiger partial charge in [0.1, 0.15) is 0 Å². The topological polar surface area (TPSA) is 9.23 Å². The van der Waals surface area contributed by atoms with Crippen molar-refractivity contribution in [3.63, 3.8) is 0 Å². The van der Waals surface area contributed by atoms with Crippen molar-refractivity contribution in [2.24, 2.45) is 0 Å². The van der Waals surface area contributed by atoms with Crippen LogP contribution in [0.4, 0.5) is 0 Å². The Kier molecular flexibility index (Phi) is 4.72. The van der Waals surface area contributed by atoms with Crippen LogP contribution < -0.4 is 4.46 Å². The van der Waals surface area contributed by atoms with Crippen molar-refractivity contribution in [1.82, 2.24) is 0 Å². The van der Waals surface area contributed by atoms with Crippen LogP contribution >= 0.6 is 0 Å². The zero-order valence-corrected chi connectivity index (χ0v) is 13.7. The minimum atomic E-state index is 0.176. The SMILES string of the molecule is COC(C[Se]c1ccccc1)c1ccc2ccccc2c1. The summed E-state index contributed by atoms with van der Waals surface area (Å²) in [7, 11) is 1.81. The molecule has 0 spiro atoms. The van der Waals surface area contributed by atoms with Crippen LogP contribution in [0.15, 0.2) is 72.8 Å². The number of ether oxygens (including phenoxy) is 1. The van der Waals surface area contributed by atoms with E-state index < -0.39 is 0 Å². The second-order valence-electron chi connectivity index (χ2n) is 4.95. The van der Waals surface area contributed by atoms with Crippen LogP contribution in [0.2, 0.25) is 5.32 Å². The molecule has 1 unspecified atom stereocenters. The molecule has 1 nitrogen and oxygen atoms in total. The second kappa shape index (κ2) is 6.91. The van der Waals surface area contributed by atoms with Gasteiger partial charge in [-0.3, -0.25) is 0 Å². The number of hydrogen-bond donors (Lipinski definition) is 0. The van der Waals surface area contributed by atoms with Gasteiger partial charge in [0.2, 0.25) is 0 Å². The van der Waals surface area contributed by atoms with E-state index in [-0.39, 0.29) is 6.10 Å². The van der Waals surface area contributed by atoms with E-state index in [1.54, 1.807) is 7.11 Å². The van der Waals surface area contributed by atoms with E-state index in [1.807, 2.05) is 0 Å². The summed E-state index contributed by atoms with van der Waals surface area (Å²) < 4.78 is 7.15. The molecule has 0 bridgehead atoms. The van der Waals surface area contributed by atoms with Crippen molar-refractivity contribution in [3.05, 3.63) is 78.4 Å². The quantitative estimate of drug-likeness (QED) is 0.638. The summed E-state index contributed by atoms with van der Waals surface area (Å²) in [6, 6.07) is 25.8. The summed E-state index contributed by atoms with van der Waals surface area (Å²) in [5.41, 5.74) is 1.27. The van der Waals surface area contributed by atoms with E-state index in [4.69, 9.17) is 4.74 Å². The molecule has 106 valence electrons. The molecule has 21 heavy (non-hydrogen) atoms. The molecule has 3 aromatic carbocycles. The fraction of sp³-hybridized carbons (Fsp3) is 0.158. The van der Waals surface area contributed by atoms with Gasteiger partial charge in [-0.25, -0.2) is 0 Å². The zero-order valence-electron chi connectivity index (χ0n) is 12.0. The van der Waals surface area contributed by atoms with Crippen LogP contribution in [-0.4, -0.2) is 22.1 Å². The molecular weight excluding hydrogens is 323 g/mol. The molecule has 3 rings (SSSR count). The molecule has 0 N–H and O–H groups in total. The van der Waals surface area contributed by atoms with Crippen LogP contribution in [0.5, 0.6) is 0 Å². The van der Waals surface area contributed by atoms with Crippen molar-refractivity contribution in [2.45, 2.75) is 11.4 Å². The molecule has 0 aromatic heterocycles. The molecule has 0 aliphatic rings. The standard InChI is InChI=1S/C19H18OSe/c1-20-19(14-21-18-9-3-2-4-10-18)17-12-11-15-7-5-6-8-16(15)13-17/h2-13,19H,14H2,1H3. The Morgan fingerprint density at radius 2 is 1.57 bits per heavy atom. The van der Waals surface area contributed by atoms with Crippen LogP contribution in [0.25, 0.3) is 10.8 Å². The molecule has 0 saturated carbocycles. The Hall–Kier alpha value is -1.60. The molecule has 0 fully saturated rings. The molecule has 2 heteroatoms. The van der Waals surface area contributed by atoms with Gasteiger partial charge in [-0.05, 0) is 0 Å². The number of benzene rings is 3. The third-order valence-corrected chi connectivity index (χ3v) is 5.83. The predicted molar refractivity (Wildman–Crippen MR) is 90.3 cm³/mol. The molecular formula is C19H18OSe. The predicted octanol–water partition coefficient (Wildman–Crippen LogP) is 3.98. The van der Waals surface area contributed by atoms with Crippen LogP contribution in [0.3, 0.4) is 0 Å². The molecule has 0 aliphatic carbocycles. The van der Waals surface area contributed by atoms with Gasteiger partial charge < -0.3 is 0 Å². The van der Waals surface area contributed by atoms with Crippen molar-refractivity contribution >= 4 is 30.2 Å². The van der Waals surface area contributed by atoms with E-state index in [9.17, 15) is 0 Å². The normalized spacial score (nSPS) is 12.4. The van der Waals surface area contributed by atoms with Gasteiger partial charge in [0.25, 0.3) is 0 Å². The first-order chi connectivity index (χ1) is 10.4. The number of rotatable bonds is 5. The van der Waals surface area contributed by atoms with E-state index in [1.165, 1.54) is 20.8 Å². The van der Waals surface area contributed by atoms with Gasteiger partial charge >= 0.3 is 132 Å². The Labute approximate surface area is 132 Å². The van der Waals surface area contributed by atoms with Gasteiger partial charge in [0, 0.05) is 0 Å². The third kappa shape index (κ3) is 3.54. The van der Waals surface area contributed by atoms with Crippen molar-refractivity contribution in [2.75, 3.05) is 7.11 Å². The molecule has 0 heterocycles. The van der Waals surface area contributed by atoms with Crippen molar-refractivity contribution in [1.29, 1.82) is 0 Å². The number of hydrogen-bond acceptors (Lipinski definition) is 1. The van der Waals surface area contributed by atoms with Crippen LogP contribution in [0.1, 0.15) is 11.7 Å². The Morgan fingerprint density at radius 1 is 0.857 bits per heavy atom.